The maximum atomic E-state index is 12.9. The van der Waals surface area contributed by atoms with E-state index in [0.717, 1.165) is 35.5 Å². The fourth-order valence-corrected chi connectivity index (χ4v) is 4.16. The molecule has 0 saturated carbocycles. The molecule has 0 saturated heterocycles. The Hall–Kier alpha value is -3.20. The molecule has 0 atom stereocenters. The van der Waals surface area contributed by atoms with Gasteiger partial charge < -0.3 is 9.64 Å². The number of ether oxygens (including phenoxy) is 1. The zero-order valence-corrected chi connectivity index (χ0v) is 18.3. The number of anilines is 1. The minimum atomic E-state index is -4.42. The van der Waals surface area contributed by atoms with Gasteiger partial charge in [-0.3, -0.25) is 0 Å². The van der Waals surface area contributed by atoms with Crippen LogP contribution < -0.4 is 9.64 Å². The monoisotopic (exact) mass is 426 g/mol. The van der Waals surface area contributed by atoms with Crippen molar-refractivity contribution >= 4 is 22.9 Å². The minimum Gasteiger partial charge on any atom is -0.496 e. The van der Waals surface area contributed by atoms with Crippen LogP contribution in [0.5, 0.6) is 5.75 Å². The first-order valence-electron chi connectivity index (χ1n) is 10.0. The average Bonchev–Trinajstić information content (AvgIpc) is 2.70. The van der Waals surface area contributed by atoms with Crippen molar-refractivity contribution < 1.29 is 17.9 Å². The molecule has 0 unspecified atom stereocenters. The summed E-state index contributed by atoms with van der Waals surface area (Å²) >= 11 is 0. The topological polar surface area (TPSA) is 36.3 Å². The van der Waals surface area contributed by atoms with E-state index in [1.165, 1.54) is 12.1 Å². The van der Waals surface area contributed by atoms with Gasteiger partial charge in [0.2, 0.25) is 0 Å². The fraction of sp³-hybridized carbons (Fsp3) is 0.320. The van der Waals surface area contributed by atoms with Crippen molar-refractivity contribution in [2.45, 2.75) is 39.4 Å². The molecule has 0 N–H and O–H groups in total. The molecule has 162 valence electrons. The Morgan fingerprint density at radius 2 is 1.84 bits per heavy atom. The van der Waals surface area contributed by atoms with Gasteiger partial charge in [0.1, 0.15) is 5.75 Å². The lowest BCUT2D eigenvalue weighted by molar-refractivity contribution is -0.137. The Kier molecular flexibility index (Phi) is 5.91. The maximum Gasteiger partial charge on any atom is 0.416 e. The van der Waals surface area contributed by atoms with Crippen LogP contribution in [0.1, 0.15) is 49.9 Å². The zero-order valence-electron chi connectivity index (χ0n) is 18.3. The molecule has 6 heteroatoms. The highest BCUT2D eigenvalue weighted by molar-refractivity contribution is 5.93. The summed E-state index contributed by atoms with van der Waals surface area (Å²) in [6.45, 7) is 9.27. The van der Waals surface area contributed by atoms with Crippen LogP contribution in [-0.4, -0.2) is 19.2 Å². The standard InChI is InChI=1S/C25H25F3N2O/c1-6-30-22-13-23(31-5)18(12-21(22)16(2)14-24(30,3)4)11-19(15-29)17-7-9-20(10-8-17)25(26,27)28/h7-14H,6H2,1-5H3/b19-11+. The third kappa shape index (κ3) is 4.32. The van der Waals surface area contributed by atoms with Crippen LogP contribution in [-0.2, 0) is 6.18 Å². The second-order valence-electron chi connectivity index (χ2n) is 8.08. The van der Waals surface area contributed by atoms with Crippen LogP contribution in [0.15, 0.2) is 42.5 Å². The molecule has 2 aromatic rings. The molecule has 1 heterocycles. The number of benzene rings is 2. The summed E-state index contributed by atoms with van der Waals surface area (Å²) in [5.74, 6) is 0.599. The third-order valence-electron chi connectivity index (χ3n) is 5.59. The molecule has 0 radical (unpaired) electrons. The Balaban J connectivity index is 2.11. The SMILES string of the molecule is CCN1c2cc(OC)c(/C=C(\C#N)c3ccc(C(F)(F)F)cc3)cc2C(C)=CC1(C)C. The van der Waals surface area contributed by atoms with Gasteiger partial charge >= 0.3 is 6.18 Å². The first kappa shape index (κ1) is 22.5. The van der Waals surface area contributed by atoms with E-state index >= 15 is 0 Å². The van der Waals surface area contributed by atoms with Gasteiger partial charge in [0.25, 0.3) is 0 Å². The Bertz CT molecular complexity index is 1090. The molecule has 31 heavy (non-hydrogen) atoms. The number of nitrogens with zero attached hydrogens (tertiary/aromatic N) is 2. The lowest BCUT2D eigenvalue weighted by Crippen LogP contribution is -2.44. The van der Waals surface area contributed by atoms with Gasteiger partial charge in [0, 0.05) is 29.4 Å². The van der Waals surface area contributed by atoms with E-state index in [1.807, 2.05) is 12.1 Å². The molecular weight excluding hydrogens is 401 g/mol. The van der Waals surface area contributed by atoms with E-state index in [1.54, 1.807) is 13.2 Å². The summed E-state index contributed by atoms with van der Waals surface area (Å²) in [4.78, 5) is 2.28. The first-order valence-corrected chi connectivity index (χ1v) is 10.0. The largest absolute Gasteiger partial charge is 0.496 e. The van der Waals surface area contributed by atoms with Gasteiger partial charge in [-0.15, -0.1) is 0 Å². The number of methoxy groups -OCH3 is 1. The van der Waals surface area contributed by atoms with Crippen molar-refractivity contribution in [3.63, 3.8) is 0 Å². The van der Waals surface area contributed by atoms with Crippen LogP contribution >= 0.6 is 0 Å². The number of hydrogen-bond donors (Lipinski definition) is 0. The van der Waals surface area contributed by atoms with E-state index < -0.39 is 11.7 Å². The van der Waals surface area contributed by atoms with Gasteiger partial charge in [-0.1, -0.05) is 18.2 Å². The van der Waals surface area contributed by atoms with E-state index in [2.05, 4.69) is 44.7 Å². The van der Waals surface area contributed by atoms with E-state index in [9.17, 15) is 18.4 Å². The number of rotatable bonds is 4. The first-order chi connectivity index (χ1) is 14.5. The van der Waals surface area contributed by atoms with E-state index in [4.69, 9.17) is 4.74 Å². The number of fused-ring (bicyclic) bond motifs is 1. The molecule has 0 spiro atoms. The highest BCUT2D eigenvalue weighted by Gasteiger charge is 2.31. The molecule has 3 rings (SSSR count). The van der Waals surface area contributed by atoms with Crippen molar-refractivity contribution in [1.29, 1.82) is 5.26 Å². The molecule has 3 nitrogen and oxygen atoms in total. The fourth-order valence-electron chi connectivity index (χ4n) is 4.16. The Labute approximate surface area is 181 Å². The van der Waals surface area contributed by atoms with Crippen LogP contribution in [0.25, 0.3) is 17.2 Å². The lowest BCUT2D eigenvalue weighted by Gasteiger charge is -2.43. The predicted molar refractivity (Wildman–Crippen MR) is 119 cm³/mol. The highest BCUT2D eigenvalue weighted by Crippen LogP contribution is 2.42. The van der Waals surface area contributed by atoms with Gasteiger partial charge in [0.05, 0.1) is 29.9 Å². The molecule has 2 aromatic carbocycles. The summed E-state index contributed by atoms with van der Waals surface area (Å²) < 4.78 is 44.2. The van der Waals surface area contributed by atoms with Crippen LogP contribution in [0, 0.1) is 11.3 Å². The summed E-state index contributed by atoms with van der Waals surface area (Å²) in [5.41, 5.74) is 3.69. The van der Waals surface area contributed by atoms with E-state index in [-0.39, 0.29) is 11.1 Å². The maximum absolute atomic E-state index is 12.9. The van der Waals surface area contributed by atoms with Crippen molar-refractivity contribution in [2.24, 2.45) is 0 Å². The van der Waals surface area contributed by atoms with E-state index in [0.29, 0.717) is 16.9 Å². The smallest absolute Gasteiger partial charge is 0.416 e. The minimum absolute atomic E-state index is 0.147. The number of alkyl halides is 3. The summed E-state index contributed by atoms with van der Waals surface area (Å²) in [5, 5.41) is 9.67. The quantitative estimate of drug-likeness (QED) is 0.398. The average molecular weight is 426 g/mol. The molecular formula is C25H25F3N2O. The summed E-state index contributed by atoms with van der Waals surface area (Å²) in [7, 11) is 1.57. The van der Waals surface area contributed by atoms with Crippen LogP contribution in [0.2, 0.25) is 0 Å². The number of hydrogen-bond acceptors (Lipinski definition) is 3. The van der Waals surface area contributed by atoms with Gasteiger partial charge in [-0.2, -0.15) is 18.4 Å². The van der Waals surface area contributed by atoms with Crippen molar-refractivity contribution in [3.05, 3.63) is 64.7 Å². The Morgan fingerprint density at radius 1 is 1.19 bits per heavy atom. The molecule has 0 aromatic heterocycles. The predicted octanol–water partition coefficient (Wildman–Crippen LogP) is 6.80. The second kappa shape index (κ2) is 8.14. The third-order valence-corrected chi connectivity index (χ3v) is 5.59. The highest BCUT2D eigenvalue weighted by atomic mass is 19.4. The van der Waals surface area contributed by atoms with Gasteiger partial charge in [-0.05, 0) is 63.1 Å². The van der Waals surface area contributed by atoms with Gasteiger partial charge in [0.15, 0.2) is 0 Å². The molecule has 0 aliphatic carbocycles. The normalized spacial score (nSPS) is 15.8. The molecule has 0 bridgehead atoms. The van der Waals surface area contributed by atoms with Crippen LogP contribution in [0.4, 0.5) is 18.9 Å². The summed E-state index contributed by atoms with van der Waals surface area (Å²) in [6.07, 6.45) is -0.551. The number of halogens is 3. The van der Waals surface area contributed by atoms with Crippen molar-refractivity contribution in [2.75, 3.05) is 18.6 Å². The number of likely N-dealkylation sites (N-methyl/N-ethyl adjacent to an activating group) is 1. The van der Waals surface area contributed by atoms with Crippen LogP contribution in [0.3, 0.4) is 0 Å². The molecule has 1 aliphatic heterocycles. The Morgan fingerprint density at radius 3 is 2.35 bits per heavy atom. The van der Waals surface area contributed by atoms with Gasteiger partial charge in [-0.25, -0.2) is 0 Å². The van der Waals surface area contributed by atoms with Crippen molar-refractivity contribution in [3.8, 4) is 11.8 Å². The second-order valence-corrected chi connectivity index (χ2v) is 8.08. The zero-order chi connectivity index (χ0) is 23.0. The lowest BCUT2D eigenvalue weighted by atomic mass is 9.87. The molecule has 0 fully saturated rings. The molecule has 1 aliphatic rings. The molecule has 0 amide bonds. The van der Waals surface area contributed by atoms with Crippen molar-refractivity contribution in [1.82, 2.24) is 0 Å². The summed E-state index contributed by atoms with van der Waals surface area (Å²) in [6, 6.07) is 10.6. The number of allylic oxidation sites excluding steroid dienone is 2. The number of nitriles is 1.